The molecule has 0 unspecified atom stereocenters. The van der Waals surface area contributed by atoms with Crippen molar-refractivity contribution in [2.75, 3.05) is 33.7 Å². The van der Waals surface area contributed by atoms with Gasteiger partial charge in [-0.25, -0.2) is 0 Å². The monoisotopic (exact) mass is 258 g/mol. The van der Waals surface area contributed by atoms with E-state index in [1.54, 1.807) is 0 Å². The van der Waals surface area contributed by atoms with Crippen LogP contribution in [0, 0.1) is 0 Å². The van der Waals surface area contributed by atoms with E-state index in [2.05, 4.69) is 9.59 Å². The number of carboxylic acids is 1. The summed E-state index contributed by atoms with van der Waals surface area (Å²) in [6, 6.07) is 0. The fraction of sp³-hybridized carbons (Fsp3) is 0.556. The first-order chi connectivity index (χ1) is 8.00. The van der Waals surface area contributed by atoms with Crippen LogP contribution >= 0.6 is 11.5 Å². The van der Waals surface area contributed by atoms with Crippen LogP contribution in [0.3, 0.4) is 0 Å². The highest BCUT2D eigenvalue weighted by Crippen LogP contribution is 2.07. The van der Waals surface area contributed by atoms with E-state index in [0.29, 0.717) is 18.0 Å². The first-order valence-electron chi connectivity index (χ1n) is 4.94. The molecule has 1 heterocycles. The molecule has 0 atom stereocenters. The van der Waals surface area contributed by atoms with Crippen molar-refractivity contribution >= 4 is 23.4 Å². The Hall–Kier alpha value is -1.54. The zero-order valence-electron chi connectivity index (χ0n) is 9.66. The van der Waals surface area contributed by atoms with Crippen molar-refractivity contribution in [2.24, 2.45) is 0 Å². The van der Waals surface area contributed by atoms with Gasteiger partial charge in [0.2, 0.25) is 0 Å². The first kappa shape index (κ1) is 13.5. The molecule has 0 radical (unpaired) electrons. The predicted molar refractivity (Wildman–Crippen MR) is 62.0 cm³/mol. The lowest BCUT2D eigenvalue weighted by molar-refractivity contribution is -0.137. The maximum Gasteiger partial charge on any atom is 0.323 e. The minimum atomic E-state index is -1.03. The number of hydrogen-bond acceptors (Lipinski definition) is 6. The molecule has 1 N–H and O–H groups in total. The highest BCUT2D eigenvalue weighted by Gasteiger charge is 2.20. The van der Waals surface area contributed by atoms with E-state index in [1.807, 2.05) is 19.0 Å². The molecule has 7 nitrogen and oxygen atoms in total. The third-order valence-electron chi connectivity index (χ3n) is 2.00. The maximum atomic E-state index is 11.9. The van der Waals surface area contributed by atoms with Gasteiger partial charge in [0.25, 0.3) is 5.91 Å². The number of rotatable bonds is 6. The van der Waals surface area contributed by atoms with Gasteiger partial charge in [0.15, 0.2) is 0 Å². The molecule has 0 aliphatic rings. The van der Waals surface area contributed by atoms with Crippen LogP contribution in [0.25, 0.3) is 0 Å². The highest BCUT2D eigenvalue weighted by molar-refractivity contribution is 7.07. The van der Waals surface area contributed by atoms with Gasteiger partial charge in [-0.2, -0.15) is 0 Å². The van der Waals surface area contributed by atoms with Crippen LogP contribution in [-0.4, -0.2) is 70.1 Å². The second-order valence-electron chi connectivity index (χ2n) is 3.71. The van der Waals surface area contributed by atoms with Crippen molar-refractivity contribution in [1.82, 2.24) is 19.4 Å². The van der Waals surface area contributed by atoms with Crippen LogP contribution in [0.15, 0.2) is 6.20 Å². The summed E-state index contributed by atoms with van der Waals surface area (Å²) in [5.74, 6) is -1.38. The SMILES string of the molecule is CN(C)CCN(CC(=O)O)C(=O)c1cnns1. The molecule has 0 saturated heterocycles. The van der Waals surface area contributed by atoms with Gasteiger partial charge in [-0.1, -0.05) is 4.49 Å². The molecule has 0 saturated carbocycles. The highest BCUT2D eigenvalue weighted by atomic mass is 32.1. The van der Waals surface area contributed by atoms with E-state index >= 15 is 0 Å². The molecule has 17 heavy (non-hydrogen) atoms. The van der Waals surface area contributed by atoms with Gasteiger partial charge >= 0.3 is 5.97 Å². The summed E-state index contributed by atoms with van der Waals surface area (Å²) in [5.41, 5.74) is 0. The van der Waals surface area contributed by atoms with Gasteiger partial charge in [-0.15, -0.1) is 5.10 Å². The lowest BCUT2D eigenvalue weighted by Gasteiger charge is -2.21. The predicted octanol–water partition coefficient (Wildman–Crippen LogP) is -0.373. The Morgan fingerprint density at radius 2 is 2.12 bits per heavy atom. The Labute approximate surface area is 103 Å². The summed E-state index contributed by atoms with van der Waals surface area (Å²) < 4.78 is 3.59. The smallest absolute Gasteiger partial charge is 0.323 e. The third kappa shape index (κ3) is 4.45. The normalized spacial score (nSPS) is 10.5. The average molecular weight is 258 g/mol. The second kappa shape index (κ2) is 6.26. The van der Waals surface area contributed by atoms with Crippen LogP contribution < -0.4 is 0 Å². The van der Waals surface area contributed by atoms with Crippen LogP contribution in [-0.2, 0) is 4.79 Å². The summed E-state index contributed by atoms with van der Waals surface area (Å²) >= 11 is 0.962. The molecule has 1 aromatic heterocycles. The largest absolute Gasteiger partial charge is 0.480 e. The Kier molecular flexibility index (Phi) is 4.98. The molecule has 0 aliphatic heterocycles. The summed E-state index contributed by atoms with van der Waals surface area (Å²) in [6.45, 7) is 0.645. The molecule has 0 spiro atoms. The minimum Gasteiger partial charge on any atom is -0.480 e. The maximum absolute atomic E-state index is 11.9. The molecule has 0 aromatic carbocycles. The quantitative estimate of drug-likeness (QED) is 0.749. The van der Waals surface area contributed by atoms with E-state index in [4.69, 9.17) is 5.11 Å². The number of aliphatic carboxylic acids is 1. The molecule has 1 aromatic rings. The number of carbonyl (C=O) groups excluding carboxylic acids is 1. The van der Waals surface area contributed by atoms with Crippen LogP contribution in [0.2, 0.25) is 0 Å². The number of carbonyl (C=O) groups is 2. The van der Waals surface area contributed by atoms with E-state index in [0.717, 1.165) is 11.5 Å². The van der Waals surface area contributed by atoms with Gasteiger partial charge in [0.05, 0.1) is 6.20 Å². The van der Waals surface area contributed by atoms with E-state index in [1.165, 1.54) is 11.1 Å². The van der Waals surface area contributed by atoms with E-state index < -0.39 is 5.97 Å². The summed E-state index contributed by atoms with van der Waals surface area (Å²) in [4.78, 5) is 26.1. The summed E-state index contributed by atoms with van der Waals surface area (Å²) in [7, 11) is 3.72. The molecule has 1 rings (SSSR count). The zero-order chi connectivity index (χ0) is 12.8. The van der Waals surface area contributed by atoms with Crippen LogP contribution in [0.5, 0.6) is 0 Å². The number of amides is 1. The topological polar surface area (TPSA) is 86.6 Å². The van der Waals surface area contributed by atoms with Gasteiger partial charge < -0.3 is 14.9 Å². The number of aromatic nitrogens is 2. The van der Waals surface area contributed by atoms with Crippen molar-refractivity contribution in [3.63, 3.8) is 0 Å². The molecule has 0 bridgehead atoms. The third-order valence-corrected chi connectivity index (χ3v) is 2.66. The second-order valence-corrected chi connectivity index (χ2v) is 4.49. The molecular formula is C9H14N4O3S. The standard InChI is InChI=1S/C9H14N4O3S/c1-12(2)3-4-13(6-8(14)15)9(16)7-5-10-11-17-7/h5H,3-4,6H2,1-2H3,(H,14,15). The van der Waals surface area contributed by atoms with Crippen molar-refractivity contribution in [3.05, 3.63) is 11.1 Å². The molecule has 8 heteroatoms. The number of likely N-dealkylation sites (N-methyl/N-ethyl adjacent to an activating group) is 1. The lowest BCUT2D eigenvalue weighted by Crippen LogP contribution is -2.39. The summed E-state index contributed by atoms with van der Waals surface area (Å²) in [5, 5.41) is 12.3. The number of hydrogen-bond donors (Lipinski definition) is 1. The Bertz CT molecular complexity index is 380. The van der Waals surface area contributed by atoms with Crippen LogP contribution in [0.4, 0.5) is 0 Å². The van der Waals surface area contributed by atoms with Crippen LogP contribution in [0.1, 0.15) is 9.67 Å². The fourth-order valence-electron chi connectivity index (χ4n) is 1.15. The molecule has 0 aliphatic carbocycles. The van der Waals surface area contributed by atoms with Gasteiger partial charge in [0, 0.05) is 13.1 Å². The Morgan fingerprint density at radius 3 is 2.59 bits per heavy atom. The fourth-order valence-corrected chi connectivity index (χ4v) is 1.64. The van der Waals surface area contributed by atoms with Crippen molar-refractivity contribution in [3.8, 4) is 0 Å². The van der Waals surface area contributed by atoms with Gasteiger partial charge in [0.1, 0.15) is 11.4 Å². The number of nitrogens with zero attached hydrogens (tertiary/aromatic N) is 4. The van der Waals surface area contributed by atoms with Crippen molar-refractivity contribution < 1.29 is 14.7 Å². The molecule has 0 fully saturated rings. The zero-order valence-corrected chi connectivity index (χ0v) is 10.5. The molecular weight excluding hydrogens is 244 g/mol. The van der Waals surface area contributed by atoms with Crippen molar-refractivity contribution in [2.45, 2.75) is 0 Å². The van der Waals surface area contributed by atoms with E-state index in [9.17, 15) is 9.59 Å². The first-order valence-corrected chi connectivity index (χ1v) is 5.71. The minimum absolute atomic E-state index is 0.315. The van der Waals surface area contributed by atoms with Gasteiger partial charge in [-0.05, 0) is 25.6 Å². The number of carboxylic acid groups (broad SMARTS) is 1. The Morgan fingerprint density at radius 1 is 1.41 bits per heavy atom. The summed E-state index contributed by atoms with van der Waals surface area (Å²) in [6.07, 6.45) is 1.34. The Balaban J connectivity index is 2.68. The van der Waals surface area contributed by atoms with E-state index in [-0.39, 0.29) is 12.5 Å². The molecule has 94 valence electrons. The lowest BCUT2D eigenvalue weighted by atomic mass is 10.4. The molecule has 1 amide bonds. The van der Waals surface area contributed by atoms with Gasteiger partial charge in [-0.3, -0.25) is 9.59 Å². The van der Waals surface area contributed by atoms with Crippen molar-refractivity contribution in [1.29, 1.82) is 0 Å². The average Bonchev–Trinajstić information content (AvgIpc) is 2.75.